The molecule has 0 amide bonds. The SMILES string of the molecule is Cc1csc(CC(O)Cc2cc(F)ccc2F)n1. The van der Waals surface area contributed by atoms with Crippen LogP contribution in [-0.2, 0) is 12.8 Å². The molecule has 1 aromatic carbocycles. The van der Waals surface area contributed by atoms with E-state index >= 15 is 0 Å². The van der Waals surface area contributed by atoms with Gasteiger partial charge in [0.2, 0.25) is 0 Å². The summed E-state index contributed by atoms with van der Waals surface area (Å²) in [5.41, 5.74) is 1.09. The lowest BCUT2D eigenvalue weighted by Crippen LogP contribution is -2.15. The lowest BCUT2D eigenvalue weighted by molar-refractivity contribution is 0.174. The third-order valence-electron chi connectivity index (χ3n) is 2.54. The van der Waals surface area contributed by atoms with Crippen LogP contribution in [0.3, 0.4) is 0 Å². The summed E-state index contributed by atoms with van der Waals surface area (Å²) in [7, 11) is 0. The molecule has 1 heterocycles. The van der Waals surface area contributed by atoms with Crippen molar-refractivity contribution in [1.82, 2.24) is 4.98 Å². The molecule has 1 aromatic heterocycles. The lowest BCUT2D eigenvalue weighted by atomic mass is 10.1. The van der Waals surface area contributed by atoms with Gasteiger partial charge in [0.05, 0.1) is 11.1 Å². The summed E-state index contributed by atoms with van der Waals surface area (Å²) < 4.78 is 26.4. The Labute approximate surface area is 108 Å². The Morgan fingerprint density at radius 2 is 2.11 bits per heavy atom. The molecule has 0 spiro atoms. The summed E-state index contributed by atoms with van der Waals surface area (Å²) in [4.78, 5) is 4.22. The van der Waals surface area contributed by atoms with Crippen LogP contribution in [0.25, 0.3) is 0 Å². The minimum absolute atomic E-state index is 0.0855. The zero-order chi connectivity index (χ0) is 13.1. The fourth-order valence-electron chi connectivity index (χ4n) is 1.72. The number of thiazole rings is 1. The first kappa shape index (κ1) is 13.1. The second-order valence-electron chi connectivity index (χ2n) is 4.18. The molecule has 0 aliphatic rings. The van der Waals surface area contributed by atoms with E-state index in [4.69, 9.17) is 0 Å². The Hall–Kier alpha value is -1.33. The topological polar surface area (TPSA) is 33.1 Å². The van der Waals surface area contributed by atoms with Crippen LogP contribution in [0.15, 0.2) is 23.6 Å². The molecule has 2 nitrogen and oxygen atoms in total. The largest absolute Gasteiger partial charge is 0.392 e. The van der Waals surface area contributed by atoms with Crippen LogP contribution in [-0.4, -0.2) is 16.2 Å². The Bertz CT molecular complexity index is 542. The van der Waals surface area contributed by atoms with Gasteiger partial charge in [-0.3, -0.25) is 0 Å². The van der Waals surface area contributed by atoms with E-state index in [1.165, 1.54) is 11.3 Å². The zero-order valence-electron chi connectivity index (χ0n) is 9.86. The van der Waals surface area contributed by atoms with Crippen molar-refractivity contribution in [3.05, 3.63) is 51.5 Å². The van der Waals surface area contributed by atoms with E-state index in [1.54, 1.807) is 0 Å². The van der Waals surface area contributed by atoms with Gasteiger partial charge >= 0.3 is 0 Å². The number of nitrogens with zero attached hydrogens (tertiary/aromatic N) is 1. The highest BCUT2D eigenvalue weighted by Gasteiger charge is 2.13. The van der Waals surface area contributed by atoms with Gasteiger partial charge in [-0.25, -0.2) is 13.8 Å². The molecule has 1 unspecified atom stereocenters. The van der Waals surface area contributed by atoms with E-state index in [2.05, 4.69) is 4.98 Å². The van der Waals surface area contributed by atoms with Crippen molar-refractivity contribution < 1.29 is 13.9 Å². The van der Waals surface area contributed by atoms with Crippen molar-refractivity contribution in [1.29, 1.82) is 0 Å². The number of aliphatic hydroxyl groups excluding tert-OH is 1. The van der Waals surface area contributed by atoms with E-state index in [9.17, 15) is 13.9 Å². The highest BCUT2D eigenvalue weighted by atomic mass is 32.1. The number of halogens is 2. The van der Waals surface area contributed by atoms with Gasteiger partial charge in [-0.1, -0.05) is 0 Å². The number of hydrogen-bond donors (Lipinski definition) is 1. The molecule has 96 valence electrons. The maximum Gasteiger partial charge on any atom is 0.126 e. The summed E-state index contributed by atoms with van der Waals surface area (Å²) >= 11 is 1.46. The van der Waals surface area contributed by atoms with Crippen LogP contribution < -0.4 is 0 Å². The Balaban J connectivity index is 2.02. The Morgan fingerprint density at radius 3 is 2.78 bits per heavy atom. The molecule has 0 saturated heterocycles. The summed E-state index contributed by atoms with van der Waals surface area (Å²) in [6, 6.07) is 3.26. The average molecular weight is 269 g/mol. The van der Waals surface area contributed by atoms with Gasteiger partial charge in [0.1, 0.15) is 11.6 Å². The molecule has 0 aliphatic carbocycles. The molecule has 0 radical (unpaired) electrons. The van der Waals surface area contributed by atoms with Gasteiger partial charge in [0.25, 0.3) is 0 Å². The van der Waals surface area contributed by atoms with Crippen molar-refractivity contribution in [3.8, 4) is 0 Å². The smallest absolute Gasteiger partial charge is 0.126 e. The molecule has 2 rings (SSSR count). The zero-order valence-corrected chi connectivity index (χ0v) is 10.7. The van der Waals surface area contributed by atoms with Gasteiger partial charge in [0, 0.05) is 23.9 Å². The molecule has 2 aromatic rings. The lowest BCUT2D eigenvalue weighted by Gasteiger charge is -2.09. The van der Waals surface area contributed by atoms with Crippen LogP contribution in [0.5, 0.6) is 0 Å². The van der Waals surface area contributed by atoms with Gasteiger partial charge in [-0.05, 0) is 30.7 Å². The maximum atomic E-state index is 13.4. The summed E-state index contributed by atoms with van der Waals surface area (Å²) in [5, 5.41) is 12.6. The first-order valence-electron chi connectivity index (χ1n) is 5.57. The van der Waals surface area contributed by atoms with Crippen molar-refractivity contribution in [2.45, 2.75) is 25.9 Å². The first-order chi connectivity index (χ1) is 8.54. The normalized spacial score (nSPS) is 12.7. The molecular formula is C13H13F2NOS. The molecule has 1 atom stereocenters. The fraction of sp³-hybridized carbons (Fsp3) is 0.308. The molecule has 1 N–H and O–H groups in total. The molecular weight excluding hydrogens is 256 g/mol. The van der Waals surface area contributed by atoms with E-state index in [1.807, 2.05) is 12.3 Å². The quantitative estimate of drug-likeness (QED) is 0.925. The van der Waals surface area contributed by atoms with Crippen LogP contribution in [0.1, 0.15) is 16.3 Å². The highest BCUT2D eigenvalue weighted by Crippen LogP contribution is 2.16. The van der Waals surface area contributed by atoms with Crippen LogP contribution in [0.4, 0.5) is 8.78 Å². The highest BCUT2D eigenvalue weighted by molar-refractivity contribution is 7.09. The number of aryl methyl sites for hydroxylation is 1. The number of aliphatic hydroxyl groups is 1. The number of aromatic nitrogens is 1. The van der Waals surface area contributed by atoms with E-state index in [0.717, 1.165) is 28.9 Å². The standard InChI is InChI=1S/C13H13F2NOS/c1-8-7-18-13(16-8)6-11(17)5-9-4-10(14)2-3-12(9)15/h2-4,7,11,17H,5-6H2,1H3. The third kappa shape index (κ3) is 3.34. The summed E-state index contributed by atoms with van der Waals surface area (Å²) in [6.07, 6.45) is -0.316. The number of hydrogen-bond acceptors (Lipinski definition) is 3. The van der Waals surface area contributed by atoms with Crippen LogP contribution in [0, 0.1) is 18.6 Å². The first-order valence-corrected chi connectivity index (χ1v) is 6.45. The predicted octanol–water partition coefficient (Wildman–Crippen LogP) is 2.88. The predicted molar refractivity (Wildman–Crippen MR) is 66.6 cm³/mol. The van der Waals surface area contributed by atoms with Crippen molar-refractivity contribution >= 4 is 11.3 Å². The van der Waals surface area contributed by atoms with Gasteiger partial charge in [-0.2, -0.15) is 0 Å². The minimum Gasteiger partial charge on any atom is -0.392 e. The Kier molecular flexibility index (Phi) is 4.04. The van der Waals surface area contributed by atoms with E-state index in [-0.39, 0.29) is 12.0 Å². The number of benzene rings is 1. The molecule has 0 fully saturated rings. The van der Waals surface area contributed by atoms with E-state index in [0.29, 0.717) is 6.42 Å². The number of rotatable bonds is 4. The van der Waals surface area contributed by atoms with Gasteiger partial charge < -0.3 is 5.11 Å². The Morgan fingerprint density at radius 1 is 1.33 bits per heavy atom. The van der Waals surface area contributed by atoms with Crippen molar-refractivity contribution in [3.63, 3.8) is 0 Å². The summed E-state index contributed by atoms with van der Waals surface area (Å²) in [5.74, 6) is -0.991. The van der Waals surface area contributed by atoms with Gasteiger partial charge in [0.15, 0.2) is 0 Å². The molecule has 0 aliphatic heterocycles. The van der Waals surface area contributed by atoms with Gasteiger partial charge in [-0.15, -0.1) is 11.3 Å². The van der Waals surface area contributed by atoms with Crippen molar-refractivity contribution in [2.75, 3.05) is 0 Å². The minimum atomic E-state index is -0.758. The molecule has 0 bridgehead atoms. The molecule has 5 heteroatoms. The molecule has 0 saturated carbocycles. The monoisotopic (exact) mass is 269 g/mol. The second-order valence-corrected chi connectivity index (χ2v) is 5.12. The maximum absolute atomic E-state index is 13.4. The van der Waals surface area contributed by atoms with Crippen LogP contribution >= 0.6 is 11.3 Å². The summed E-state index contributed by atoms with van der Waals surface area (Å²) in [6.45, 7) is 1.87. The third-order valence-corrected chi connectivity index (χ3v) is 3.53. The molecule has 18 heavy (non-hydrogen) atoms. The van der Waals surface area contributed by atoms with Crippen molar-refractivity contribution in [2.24, 2.45) is 0 Å². The second kappa shape index (κ2) is 5.54. The average Bonchev–Trinajstić information content (AvgIpc) is 2.69. The fourth-order valence-corrected chi connectivity index (χ4v) is 2.57. The van der Waals surface area contributed by atoms with Crippen LogP contribution in [0.2, 0.25) is 0 Å². The van der Waals surface area contributed by atoms with E-state index < -0.39 is 17.7 Å².